The summed E-state index contributed by atoms with van der Waals surface area (Å²) in [6.45, 7) is 2.62. The first-order valence-electron chi connectivity index (χ1n) is 7.81. The molecule has 2 aromatic rings. The minimum Gasteiger partial charge on any atom is -0.328 e. The zero-order valence-electron chi connectivity index (χ0n) is 13.5. The Balaban J connectivity index is 0.00000264. The summed E-state index contributed by atoms with van der Waals surface area (Å²) in [6, 6.07) is 20.1. The molecule has 0 aliphatic heterocycles. The van der Waals surface area contributed by atoms with E-state index >= 15 is 0 Å². The molecular weight excluding hydrogens is 308 g/mol. The molecule has 124 valence electrons. The van der Waals surface area contributed by atoms with Crippen LogP contribution < -0.4 is 10.6 Å². The number of anilines is 1. The third kappa shape index (κ3) is 6.43. The highest BCUT2D eigenvalue weighted by Gasteiger charge is 2.15. The van der Waals surface area contributed by atoms with Crippen molar-refractivity contribution in [3.8, 4) is 0 Å². The molecule has 0 saturated carbocycles. The third-order valence-corrected chi connectivity index (χ3v) is 3.65. The van der Waals surface area contributed by atoms with Crippen LogP contribution in [0.2, 0.25) is 0 Å². The number of hydrogen-bond donors (Lipinski definition) is 1. The van der Waals surface area contributed by atoms with Gasteiger partial charge in [-0.3, -0.25) is 4.79 Å². The number of amides is 1. The van der Waals surface area contributed by atoms with Gasteiger partial charge >= 0.3 is 0 Å². The van der Waals surface area contributed by atoms with Crippen LogP contribution in [0.4, 0.5) is 5.69 Å². The van der Waals surface area contributed by atoms with Crippen molar-refractivity contribution in [2.24, 2.45) is 5.73 Å². The van der Waals surface area contributed by atoms with Crippen molar-refractivity contribution >= 4 is 24.0 Å². The lowest BCUT2D eigenvalue weighted by molar-refractivity contribution is -0.118. The molecular formula is C19H25ClN2O. The van der Waals surface area contributed by atoms with Gasteiger partial charge in [0.25, 0.3) is 0 Å². The molecule has 1 amide bonds. The van der Waals surface area contributed by atoms with Crippen LogP contribution >= 0.6 is 12.4 Å². The molecule has 3 nitrogen and oxygen atoms in total. The van der Waals surface area contributed by atoms with E-state index in [0.717, 1.165) is 12.1 Å². The fraction of sp³-hybridized carbons (Fsp3) is 0.316. The number of benzene rings is 2. The Hall–Kier alpha value is -1.84. The molecule has 1 unspecified atom stereocenters. The lowest BCUT2D eigenvalue weighted by atomic mass is 10.1. The van der Waals surface area contributed by atoms with Crippen molar-refractivity contribution < 1.29 is 4.79 Å². The third-order valence-electron chi connectivity index (χ3n) is 3.65. The first kappa shape index (κ1) is 19.2. The Labute approximate surface area is 144 Å². The summed E-state index contributed by atoms with van der Waals surface area (Å²) < 4.78 is 0. The van der Waals surface area contributed by atoms with Gasteiger partial charge in [-0.25, -0.2) is 0 Å². The highest BCUT2D eigenvalue weighted by atomic mass is 35.5. The van der Waals surface area contributed by atoms with E-state index in [0.29, 0.717) is 19.4 Å². The van der Waals surface area contributed by atoms with Gasteiger partial charge in [0.15, 0.2) is 0 Å². The van der Waals surface area contributed by atoms with E-state index in [1.54, 1.807) is 0 Å². The van der Waals surface area contributed by atoms with E-state index in [-0.39, 0.29) is 24.4 Å². The molecule has 2 aromatic carbocycles. The van der Waals surface area contributed by atoms with Gasteiger partial charge in [-0.2, -0.15) is 0 Å². The number of nitrogens with two attached hydrogens (primary N) is 1. The van der Waals surface area contributed by atoms with Crippen LogP contribution in [-0.4, -0.2) is 18.5 Å². The Bertz CT molecular complexity index is 572. The Morgan fingerprint density at radius 2 is 1.61 bits per heavy atom. The van der Waals surface area contributed by atoms with Crippen LogP contribution in [-0.2, 0) is 11.2 Å². The maximum atomic E-state index is 12.5. The molecule has 0 fully saturated rings. The molecule has 1 atom stereocenters. The molecule has 0 radical (unpaired) electrons. The van der Waals surface area contributed by atoms with Crippen LogP contribution in [0.15, 0.2) is 60.7 Å². The minimum atomic E-state index is 0. The van der Waals surface area contributed by atoms with Crippen molar-refractivity contribution in [2.75, 3.05) is 11.4 Å². The molecule has 23 heavy (non-hydrogen) atoms. The summed E-state index contributed by atoms with van der Waals surface area (Å²) in [5, 5.41) is 0. The van der Waals surface area contributed by atoms with E-state index in [4.69, 9.17) is 5.73 Å². The monoisotopic (exact) mass is 332 g/mol. The van der Waals surface area contributed by atoms with Crippen molar-refractivity contribution in [3.05, 3.63) is 66.2 Å². The summed E-state index contributed by atoms with van der Waals surface area (Å²) in [7, 11) is 0. The first-order valence-corrected chi connectivity index (χ1v) is 7.81. The van der Waals surface area contributed by atoms with Crippen molar-refractivity contribution in [1.82, 2.24) is 0 Å². The average molecular weight is 333 g/mol. The number of para-hydroxylation sites is 1. The van der Waals surface area contributed by atoms with Crippen molar-refractivity contribution in [1.29, 1.82) is 0 Å². The van der Waals surface area contributed by atoms with Crippen LogP contribution in [0, 0.1) is 0 Å². The molecule has 0 aliphatic rings. The Kier molecular flexibility index (Phi) is 8.38. The molecule has 0 saturated heterocycles. The lowest BCUT2D eigenvalue weighted by Gasteiger charge is -2.23. The largest absolute Gasteiger partial charge is 0.328 e. The van der Waals surface area contributed by atoms with E-state index in [2.05, 4.69) is 12.1 Å². The summed E-state index contributed by atoms with van der Waals surface area (Å²) in [5.74, 6) is 0.138. The minimum absolute atomic E-state index is 0. The maximum absolute atomic E-state index is 12.5. The van der Waals surface area contributed by atoms with Gasteiger partial charge in [0.05, 0.1) is 0 Å². The topological polar surface area (TPSA) is 46.3 Å². The summed E-state index contributed by atoms with van der Waals surface area (Å²) in [6.07, 6.45) is 2.05. The van der Waals surface area contributed by atoms with Crippen LogP contribution in [0.5, 0.6) is 0 Å². The van der Waals surface area contributed by atoms with Gasteiger partial charge in [-0.05, 0) is 37.5 Å². The predicted molar refractivity (Wildman–Crippen MR) is 99.1 cm³/mol. The predicted octanol–water partition coefficient (Wildman–Crippen LogP) is 3.81. The van der Waals surface area contributed by atoms with E-state index in [1.165, 1.54) is 5.56 Å². The highest BCUT2D eigenvalue weighted by molar-refractivity contribution is 5.93. The van der Waals surface area contributed by atoms with Gasteiger partial charge in [0, 0.05) is 24.7 Å². The maximum Gasteiger partial charge on any atom is 0.227 e. The zero-order valence-corrected chi connectivity index (χ0v) is 14.3. The van der Waals surface area contributed by atoms with E-state index < -0.39 is 0 Å². The molecule has 2 rings (SSSR count). The molecule has 0 bridgehead atoms. The number of rotatable bonds is 7. The van der Waals surface area contributed by atoms with Crippen molar-refractivity contribution in [2.45, 2.75) is 32.2 Å². The Morgan fingerprint density at radius 3 is 2.17 bits per heavy atom. The van der Waals surface area contributed by atoms with Gasteiger partial charge < -0.3 is 10.6 Å². The van der Waals surface area contributed by atoms with E-state index in [1.807, 2.05) is 60.4 Å². The number of carbonyl (C=O) groups is 1. The molecule has 2 N–H and O–H groups in total. The number of nitrogens with zero attached hydrogens (tertiary/aromatic N) is 1. The highest BCUT2D eigenvalue weighted by Crippen LogP contribution is 2.16. The summed E-state index contributed by atoms with van der Waals surface area (Å²) in [4.78, 5) is 14.4. The molecule has 0 spiro atoms. The smallest absolute Gasteiger partial charge is 0.227 e. The van der Waals surface area contributed by atoms with Gasteiger partial charge in [-0.15, -0.1) is 12.4 Å². The van der Waals surface area contributed by atoms with Gasteiger partial charge in [0.2, 0.25) is 5.91 Å². The van der Waals surface area contributed by atoms with Crippen LogP contribution in [0.3, 0.4) is 0 Å². The van der Waals surface area contributed by atoms with Gasteiger partial charge in [0.1, 0.15) is 0 Å². The second-order valence-electron chi connectivity index (χ2n) is 5.63. The fourth-order valence-corrected chi connectivity index (χ4v) is 2.38. The second-order valence-corrected chi connectivity index (χ2v) is 5.63. The molecule has 0 heterocycles. The zero-order chi connectivity index (χ0) is 15.8. The molecule has 0 aliphatic carbocycles. The average Bonchev–Trinajstić information content (AvgIpc) is 2.55. The number of carbonyl (C=O) groups excluding carboxylic acids is 1. The fourth-order valence-electron chi connectivity index (χ4n) is 2.38. The van der Waals surface area contributed by atoms with Crippen LogP contribution in [0.25, 0.3) is 0 Å². The molecule has 4 heteroatoms. The van der Waals surface area contributed by atoms with Crippen LogP contribution in [0.1, 0.15) is 25.3 Å². The van der Waals surface area contributed by atoms with Crippen molar-refractivity contribution in [3.63, 3.8) is 0 Å². The SMILES string of the molecule is CC(N)CCC(=O)N(CCc1ccccc1)c1ccccc1.Cl. The first-order chi connectivity index (χ1) is 10.7. The Morgan fingerprint density at radius 1 is 1.04 bits per heavy atom. The summed E-state index contributed by atoms with van der Waals surface area (Å²) >= 11 is 0. The van der Waals surface area contributed by atoms with Gasteiger partial charge in [-0.1, -0.05) is 48.5 Å². The second kappa shape index (κ2) is 10.0. The lowest BCUT2D eigenvalue weighted by Crippen LogP contribution is -2.33. The van der Waals surface area contributed by atoms with E-state index in [9.17, 15) is 4.79 Å². The quantitative estimate of drug-likeness (QED) is 0.838. The standard InChI is InChI=1S/C19H24N2O.ClH/c1-16(20)12-13-19(22)21(18-10-6-3-7-11-18)15-14-17-8-4-2-5-9-17;/h2-11,16H,12-15,20H2,1H3;1H. The number of halogens is 1. The molecule has 0 aromatic heterocycles. The summed E-state index contributed by atoms with van der Waals surface area (Å²) in [5.41, 5.74) is 7.97. The number of hydrogen-bond acceptors (Lipinski definition) is 2. The normalized spacial score (nSPS) is 11.4.